The van der Waals surface area contributed by atoms with Gasteiger partial charge in [0, 0.05) is 12.1 Å². The van der Waals surface area contributed by atoms with E-state index < -0.39 is 4.92 Å². The molecule has 104 valence electrons. The van der Waals surface area contributed by atoms with Crippen molar-refractivity contribution >= 4 is 34.7 Å². The molecule has 0 bridgehead atoms. The van der Waals surface area contributed by atoms with Gasteiger partial charge >= 0.3 is 11.6 Å². The largest absolute Gasteiger partial charge is 0.432 e. The fourth-order valence-corrected chi connectivity index (χ4v) is 1.89. The number of hydrogen-bond donors (Lipinski definition) is 1. The van der Waals surface area contributed by atoms with Gasteiger partial charge in [0.2, 0.25) is 5.82 Å². The molecular formula is C11H8Cl2N4O3. The Labute approximate surface area is 123 Å². The van der Waals surface area contributed by atoms with Crippen molar-refractivity contribution in [3.63, 3.8) is 0 Å². The topological polar surface area (TPSA) is 90.2 Å². The Morgan fingerprint density at radius 3 is 2.70 bits per heavy atom. The van der Waals surface area contributed by atoms with E-state index in [9.17, 15) is 10.1 Å². The number of aromatic nitrogens is 2. The van der Waals surface area contributed by atoms with Gasteiger partial charge in [-0.15, -0.1) is 0 Å². The summed E-state index contributed by atoms with van der Waals surface area (Å²) >= 11 is 11.7. The highest BCUT2D eigenvalue weighted by molar-refractivity contribution is 6.35. The zero-order chi connectivity index (χ0) is 14.7. The molecule has 2 aromatic rings. The first kappa shape index (κ1) is 14.3. The molecule has 20 heavy (non-hydrogen) atoms. The van der Waals surface area contributed by atoms with Gasteiger partial charge in [0.05, 0.1) is 9.95 Å². The SMILES string of the molecule is CNc1ncnc(Oc2ccc(Cl)cc2Cl)c1[N+](=O)[O-]. The Bertz CT molecular complexity index is 666. The summed E-state index contributed by atoms with van der Waals surface area (Å²) in [6.45, 7) is 0. The smallest absolute Gasteiger partial charge is 0.373 e. The van der Waals surface area contributed by atoms with Gasteiger partial charge in [-0.3, -0.25) is 10.1 Å². The van der Waals surface area contributed by atoms with Gasteiger partial charge in [-0.2, -0.15) is 4.98 Å². The van der Waals surface area contributed by atoms with Crippen molar-refractivity contribution in [3.8, 4) is 11.6 Å². The van der Waals surface area contributed by atoms with Crippen LogP contribution in [0.15, 0.2) is 24.5 Å². The van der Waals surface area contributed by atoms with Crippen LogP contribution in [-0.4, -0.2) is 21.9 Å². The molecule has 0 radical (unpaired) electrons. The third-order valence-electron chi connectivity index (χ3n) is 2.31. The van der Waals surface area contributed by atoms with Crippen LogP contribution in [0.25, 0.3) is 0 Å². The first-order valence-corrected chi connectivity index (χ1v) is 6.08. The Balaban J connectivity index is 2.45. The van der Waals surface area contributed by atoms with Gasteiger partial charge in [-0.1, -0.05) is 23.2 Å². The molecule has 0 unspecified atom stereocenters. The van der Waals surface area contributed by atoms with Gasteiger partial charge in [0.15, 0.2) is 0 Å². The highest BCUT2D eigenvalue weighted by Crippen LogP contribution is 2.37. The molecule has 1 heterocycles. The quantitative estimate of drug-likeness (QED) is 0.685. The van der Waals surface area contributed by atoms with E-state index in [0.717, 1.165) is 6.33 Å². The number of hydrogen-bond acceptors (Lipinski definition) is 6. The van der Waals surface area contributed by atoms with Crippen molar-refractivity contribution in [1.29, 1.82) is 0 Å². The molecule has 0 aliphatic rings. The number of nitrogens with one attached hydrogen (secondary N) is 1. The maximum Gasteiger partial charge on any atom is 0.373 e. The van der Waals surface area contributed by atoms with E-state index in [-0.39, 0.29) is 28.2 Å². The predicted molar refractivity (Wildman–Crippen MR) is 74.8 cm³/mol. The summed E-state index contributed by atoms with van der Waals surface area (Å²) in [5, 5.41) is 14.3. The Morgan fingerprint density at radius 1 is 1.35 bits per heavy atom. The first-order valence-electron chi connectivity index (χ1n) is 5.33. The summed E-state index contributed by atoms with van der Waals surface area (Å²) in [5.74, 6) is 0.0450. The molecule has 0 aliphatic carbocycles. The first-order chi connectivity index (χ1) is 9.52. The zero-order valence-corrected chi connectivity index (χ0v) is 11.6. The maximum absolute atomic E-state index is 11.1. The second kappa shape index (κ2) is 5.89. The predicted octanol–water partition coefficient (Wildman–Crippen LogP) is 3.53. The van der Waals surface area contributed by atoms with E-state index in [0.29, 0.717) is 5.02 Å². The molecule has 0 aliphatic heterocycles. The fourth-order valence-electron chi connectivity index (χ4n) is 1.45. The standard InChI is InChI=1S/C11H8Cl2N4O3/c1-14-10-9(17(18)19)11(16-5-15-10)20-8-3-2-6(12)4-7(8)13/h2-5H,1H3,(H,14,15,16). The fraction of sp³-hybridized carbons (Fsp3) is 0.0909. The maximum atomic E-state index is 11.1. The molecule has 7 nitrogen and oxygen atoms in total. The second-order valence-electron chi connectivity index (χ2n) is 3.56. The highest BCUT2D eigenvalue weighted by Gasteiger charge is 2.24. The van der Waals surface area contributed by atoms with Gasteiger partial charge in [0.1, 0.15) is 12.1 Å². The van der Waals surface area contributed by atoms with E-state index >= 15 is 0 Å². The summed E-state index contributed by atoms with van der Waals surface area (Å²) in [6.07, 6.45) is 1.15. The van der Waals surface area contributed by atoms with Crippen LogP contribution < -0.4 is 10.1 Å². The van der Waals surface area contributed by atoms with Crippen LogP contribution in [0.1, 0.15) is 0 Å². The van der Waals surface area contributed by atoms with Crippen LogP contribution >= 0.6 is 23.2 Å². The lowest BCUT2D eigenvalue weighted by atomic mass is 10.3. The average Bonchev–Trinajstić information content (AvgIpc) is 2.41. The number of anilines is 1. The molecule has 1 aromatic carbocycles. The number of ether oxygens (including phenoxy) is 1. The van der Waals surface area contributed by atoms with Gasteiger partial charge in [0.25, 0.3) is 0 Å². The van der Waals surface area contributed by atoms with Crippen LogP contribution in [0.2, 0.25) is 10.0 Å². The van der Waals surface area contributed by atoms with Crippen LogP contribution in [0.5, 0.6) is 11.6 Å². The summed E-state index contributed by atoms with van der Waals surface area (Å²) < 4.78 is 5.38. The monoisotopic (exact) mass is 314 g/mol. The summed E-state index contributed by atoms with van der Waals surface area (Å²) in [4.78, 5) is 18.0. The lowest BCUT2D eigenvalue weighted by molar-refractivity contribution is -0.385. The minimum Gasteiger partial charge on any atom is -0.432 e. The number of nitro groups is 1. The van der Waals surface area contributed by atoms with Crippen molar-refractivity contribution < 1.29 is 9.66 Å². The molecule has 2 rings (SSSR count). The molecule has 1 aromatic heterocycles. The van der Waals surface area contributed by atoms with E-state index in [1.165, 1.54) is 19.2 Å². The van der Waals surface area contributed by atoms with Crippen molar-refractivity contribution in [2.75, 3.05) is 12.4 Å². The second-order valence-corrected chi connectivity index (χ2v) is 4.40. The van der Waals surface area contributed by atoms with E-state index in [4.69, 9.17) is 27.9 Å². The molecular weight excluding hydrogens is 307 g/mol. The molecule has 0 atom stereocenters. The van der Waals surface area contributed by atoms with Crippen LogP contribution in [0.4, 0.5) is 11.5 Å². The number of benzene rings is 1. The van der Waals surface area contributed by atoms with E-state index in [1.54, 1.807) is 6.07 Å². The van der Waals surface area contributed by atoms with E-state index in [2.05, 4.69) is 15.3 Å². The minimum absolute atomic E-state index is 0.0464. The van der Waals surface area contributed by atoms with Crippen LogP contribution in [-0.2, 0) is 0 Å². The van der Waals surface area contributed by atoms with Crippen molar-refractivity contribution in [1.82, 2.24) is 9.97 Å². The lowest BCUT2D eigenvalue weighted by Gasteiger charge is -2.08. The van der Waals surface area contributed by atoms with E-state index in [1.807, 2.05) is 0 Å². The minimum atomic E-state index is -0.634. The highest BCUT2D eigenvalue weighted by atomic mass is 35.5. The van der Waals surface area contributed by atoms with Crippen molar-refractivity contribution in [2.24, 2.45) is 0 Å². The molecule has 0 saturated heterocycles. The van der Waals surface area contributed by atoms with Crippen molar-refractivity contribution in [3.05, 3.63) is 44.7 Å². The van der Waals surface area contributed by atoms with Crippen LogP contribution in [0.3, 0.4) is 0 Å². The van der Waals surface area contributed by atoms with Gasteiger partial charge in [-0.25, -0.2) is 4.98 Å². The summed E-state index contributed by atoms with van der Waals surface area (Å²) in [7, 11) is 1.51. The third kappa shape index (κ3) is 2.89. The molecule has 0 spiro atoms. The summed E-state index contributed by atoms with van der Waals surface area (Å²) in [5.41, 5.74) is -0.374. The number of rotatable bonds is 4. The van der Waals surface area contributed by atoms with Crippen LogP contribution in [0, 0.1) is 10.1 Å². The number of halogens is 2. The zero-order valence-electron chi connectivity index (χ0n) is 10.1. The molecule has 0 amide bonds. The Morgan fingerprint density at radius 2 is 2.10 bits per heavy atom. The molecule has 0 fully saturated rings. The van der Waals surface area contributed by atoms with Crippen molar-refractivity contribution in [2.45, 2.75) is 0 Å². The molecule has 1 N–H and O–H groups in total. The Kier molecular flexibility index (Phi) is 4.21. The number of nitrogens with zero attached hydrogens (tertiary/aromatic N) is 3. The average molecular weight is 315 g/mol. The molecule has 0 saturated carbocycles. The van der Waals surface area contributed by atoms with Gasteiger partial charge in [-0.05, 0) is 18.2 Å². The summed E-state index contributed by atoms with van der Waals surface area (Å²) in [6, 6.07) is 4.51. The van der Waals surface area contributed by atoms with Gasteiger partial charge < -0.3 is 10.1 Å². The molecule has 9 heteroatoms. The normalized spacial score (nSPS) is 10.2. The third-order valence-corrected chi connectivity index (χ3v) is 2.84. The Hall–Kier alpha value is -2.12. The lowest BCUT2D eigenvalue weighted by Crippen LogP contribution is -2.03.